The SMILES string of the molecule is COc1ccc(NC(=O)COc2ccc(N(Cc3ccc(Cl)cc3)S(=O)(=O)c3ccc(C)cc3)cc2)cc1OC. The van der Waals surface area contributed by atoms with Crippen LogP contribution in [0.3, 0.4) is 0 Å². The van der Waals surface area contributed by atoms with Gasteiger partial charge in [-0.3, -0.25) is 9.10 Å². The molecule has 0 heterocycles. The fourth-order valence-corrected chi connectivity index (χ4v) is 5.46. The Labute approximate surface area is 239 Å². The highest BCUT2D eigenvalue weighted by molar-refractivity contribution is 7.92. The first kappa shape index (κ1) is 28.8. The Morgan fingerprint density at radius 3 is 2.12 bits per heavy atom. The number of anilines is 2. The van der Waals surface area contributed by atoms with Gasteiger partial charge in [0.1, 0.15) is 5.75 Å². The Balaban J connectivity index is 1.49. The summed E-state index contributed by atoms with van der Waals surface area (Å²) in [4.78, 5) is 12.6. The number of ether oxygens (including phenoxy) is 3. The Morgan fingerprint density at radius 2 is 1.50 bits per heavy atom. The number of methoxy groups -OCH3 is 2. The zero-order chi connectivity index (χ0) is 28.7. The van der Waals surface area contributed by atoms with Crippen LogP contribution < -0.4 is 23.8 Å². The summed E-state index contributed by atoms with van der Waals surface area (Å²) in [7, 11) is -0.842. The lowest BCUT2D eigenvalue weighted by atomic mass is 10.2. The van der Waals surface area contributed by atoms with Crippen molar-refractivity contribution in [2.24, 2.45) is 0 Å². The van der Waals surface area contributed by atoms with E-state index in [2.05, 4.69) is 5.32 Å². The number of nitrogens with one attached hydrogen (secondary N) is 1. The summed E-state index contributed by atoms with van der Waals surface area (Å²) < 4.78 is 44.8. The molecule has 0 bridgehead atoms. The lowest BCUT2D eigenvalue weighted by Gasteiger charge is -2.25. The molecule has 40 heavy (non-hydrogen) atoms. The Kier molecular flexibility index (Phi) is 9.19. The van der Waals surface area contributed by atoms with Crippen LogP contribution in [0.5, 0.6) is 17.2 Å². The third-order valence-corrected chi connectivity index (χ3v) is 8.05. The molecular weight excluding hydrogens is 552 g/mol. The van der Waals surface area contributed by atoms with Crippen LogP contribution in [0.1, 0.15) is 11.1 Å². The number of rotatable bonds is 11. The third-order valence-electron chi connectivity index (χ3n) is 6.01. The number of benzene rings is 4. The van der Waals surface area contributed by atoms with Gasteiger partial charge in [0.2, 0.25) is 0 Å². The number of sulfonamides is 1. The van der Waals surface area contributed by atoms with E-state index in [0.717, 1.165) is 11.1 Å². The predicted octanol–water partition coefficient (Wildman–Crippen LogP) is 6.08. The normalized spacial score (nSPS) is 11.0. The average molecular weight is 581 g/mol. The van der Waals surface area contributed by atoms with Crippen molar-refractivity contribution in [2.75, 3.05) is 30.4 Å². The maximum Gasteiger partial charge on any atom is 0.264 e. The van der Waals surface area contributed by atoms with Crippen LogP contribution in [-0.2, 0) is 21.4 Å². The molecule has 10 heteroatoms. The fourth-order valence-electron chi connectivity index (χ4n) is 3.88. The van der Waals surface area contributed by atoms with Crippen LogP contribution in [0.25, 0.3) is 0 Å². The molecule has 4 rings (SSSR count). The number of nitrogens with zero attached hydrogens (tertiary/aromatic N) is 1. The maximum absolute atomic E-state index is 13.7. The van der Waals surface area contributed by atoms with E-state index in [1.165, 1.54) is 18.5 Å². The second kappa shape index (κ2) is 12.8. The minimum Gasteiger partial charge on any atom is -0.493 e. The summed E-state index contributed by atoms with van der Waals surface area (Å²) in [5.74, 6) is 1.07. The van der Waals surface area contributed by atoms with Gasteiger partial charge < -0.3 is 19.5 Å². The average Bonchev–Trinajstić information content (AvgIpc) is 2.96. The molecule has 0 aliphatic carbocycles. The number of amides is 1. The molecule has 0 aliphatic rings. The van der Waals surface area contributed by atoms with Gasteiger partial charge in [0.15, 0.2) is 18.1 Å². The van der Waals surface area contributed by atoms with Crippen LogP contribution in [0.2, 0.25) is 5.02 Å². The van der Waals surface area contributed by atoms with E-state index in [0.29, 0.717) is 33.6 Å². The number of halogens is 1. The van der Waals surface area contributed by atoms with Crippen LogP contribution in [0, 0.1) is 6.92 Å². The first-order chi connectivity index (χ1) is 19.2. The molecule has 0 atom stereocenters. The number of hydrogen-bond donors (Lipinski definition) is 1. The number of hydrogen-bond acceptors (Lipinski definition) is 6. The largest absolute Gasteiger partial charge is 0.493 e. The summed E-state index contributed by atoms with van der Waals surface area (Å²) in [5.41, 5.74) is 2.70. The van der Waals surface area contributed by atoms with Crippen molar-refractivity contribution >= 4 is 38.9 Å². The third kappa shape index (κ3) is 7.05. The van der Waals surface area contributed by atoms with Gasteiger partial charge in [0.05, 0.1) is 31.3 Å². The topological polar surface area (TPSA) is 94.2 Å². The molecule has 8 nitrogen and oxygen atoms in total. The van der Waals surface area contributed by atoms with E-state index in [1.807, 2.05) is 6.92 Å². The van der Waals surface area contributed by atoms with Crippen LogP contribution in [0.4, 0.5) is 11.4 Å². The molecule has 4 aromatic rings. The van der Waals surface area contributed by atoms with Gasteiger partial charge in [0, 0.05) is 16.8 Å². The first-order valence-electron chi connectivity index (χ1n) is 12.3. The molecule has 0 fully saturated rings. The predicted molar refractivity (Wildman–Crippen MR) is 156 cm³/mol. The van der Waals surface area contributed by atoms with Crippen molar-refractivity contribution in [2.45, 2.75) is 18.4 Å². The number of aryl methyl sites for hydroxylation is 1. The Morgan fingerprint density at radius 1 is 0.850 bits per heavy atom. The zero-order valence-corrected chi connectivity index (χ0v) is 23.8. The summed E-state index contributed by atoms with van der Waals surface area (Å²) in [6.07, 6.45) is 0. The number of carbonyl (C=O) groups is 1. The van der Waals surface area contributed by atoms with Crippen molar-refractivity contribution in [3.63, 3.8) is 0 Å². The molecule has 0 aromatic heterocycles. The van der Waals surface area contributed by atoms with Crippen LogP contribution >= 0.6 is 11.6 Å². The molecule has 0 saturated heterocycles. The molecule has 0 saturated carbocycles. The lowest BCUT2D eigenvalue weighted by molar-refractivity contribution is -0.118. The van der Waals surface area contributed by atoms with Crippen molar-refractivity contribution in [3.8, 4) is 17.2 Å². The molecule has 1 N–H and O–H groups in total. The second-order valence-corrected chi connectivity index (χ2v) is 11.2. The molecule has 0 spiro atoms. The van der Waals surface area contributed by atoms with E-state index < -0.39 is 10.0 Å². The van der Waals surface area contributed by atoms with E-state index in [9.17, 15) is 13.2 Å². The highest BCUT2D eigenvalue weighted by atomic mass is 35.5. The van der Waals surface area contributed by atoms with Gasteiger partial charge in [-0.05, 0) is 73.2 Å². The smallest absolute Gasteiger partial charge is 0.264 e. The molecule has 4 aromatic carbocycles. The monoisotopic (exact) mass is 580 g/mol. The van der Waals surface area contributed by atoms with E-state index >= 15 is 0 Å². The standard InChI is InChI=1S/C30H29ClN2O6S/c1-21-4-15-27(16-5-21)40(35,36)33(19-22-6-8-23(31)9-7-22)25-11-13-26(14-12-25)39-20-30(34)32-24-10-17-28(37-2)29(18-24)38-3/h4-18H,19-20H2,1-3H3,(H,32,34). The fraction of sp³-hybridized carbons (Fsp3) is 0.167. The minimum absolute atomic E-state index is 0.0985. The molecule has 208 valence electrons. The van der Waals surface area contributed by atoms with Crippen molar-refractivity contribution in [3.05, 3.63) is 107 Å². The summed E-state index contributed by atoms with van der Waals surface area (Å²) >= 11 is 6.02. The van der Waals surface area contributed by atoms with Gasteiger partial charge in [-0.2, -0.15) is 0 Å². The summed E-state index contributed by atoms with van der Waals surface area (Å²) in [6.45, 7) is 1.75. The van der Waals surface area contributed by atoms with Crippen molar-refractivity contribution < 1.29 is 27.4 Å². The van der Waals surface area contributed by atoms with Gasteiger partial charge >= 0.3 is 0 Å². The quantitative estimate of drug-likeness (QED) is 0.231. The molecule has 0 radical (unpaired) electrons. The van der Waals surface area contributed by atoms with Gasteiger partial charge in [-0.15, -0.1) is 0 Å². The zero-order valence-electron chi connectivity index (χ0n) is 22.3. The summed E-state index contributed by atoms with van der Waals surface area (Å²) in [6, 6.07) is 25.3. The second-order valence-electron chi connectivity index (χ2n) is 8.85. The van der Waals surface area contributed by atoms with Crippen molar-refractivity contribution in [1.29, 1.82) is 0 Å². The van der Waals surface area contributed by atoms with Crippen LogP contribution in [-0.4, -0.2) is 35.2 Å². The first-order valence-corrected chi connectivity index (χ1v) is 14.1. The number of carbonyl (C=O) groups excluding carboxylic acids is 1. The Hall–Kier alpha value is -4.21. The molecule has 0 aliphatic heterocycles. The molecular formula is C30H29ClN2O6S. The molecule has 0 unspecified atom stereocenters. The minimum atomic E-state index is -3.89. The van der Waals surface area contributed by atoms with Gasteiger partial charge in [-0.1, -0.05) is 41.4 Å². The highest BCUT2D eigenvalue weighted by Gasteiger charge is 2.25. The van der Waals surface area contributed by atoms with E-state index in [4.69, 9.17) is 25.8 Å². The lowest BCUT2D eigenvalue weighted by Crippen LogP contribution is -2.30. The van der Waals surface area contributed by atoms with Gasteiger partial charge in [0.25, 0.3) is 15.9 Å². The Bertz CT molecular complexity index is 1560. The summed E-state index contributed by atoms with van der Waals surface area (Å²) in [5, 5.41) is 3.31. The van der Waals surface area contributed by atoms with E-state index in [1.54, 1.807) is 91.0 Å². The van der Waals surface area contributed by atoms with Crippen LogP contribution in [0.15, 0.2) is 95.9 Å². The highest BCUT2D eigenvalue weighted by Crippen LogP contribution is 2.30. The molecule has 1 amide bonds. The van der Waals surface area contributed by atoms with Gasteiger partial charge in [-0.25, -0.2) is 8.42 Å². The van der Waals surface area contributed by atoms with E-state index in [-0.39, 0.29) is 24.0 Å². The van der Waals surface area contributed by atoms with Crippen molar-refractivity contribution in [1.82, 2.24) is 0 Å². The maximum atomic E-state index is 13.7.